The van der Waals surface area contributed by atoms with Crippen molar-refractivity contribution in [1.82, 2.24) is 24.5 Å². The summed E-state index contributed by atoms with van der Waals surface area (Å²) in [4.78, 5) is 8.69. The van der Waals surface area contributed by atoms with Crippen molar-refractivity contribution in [2.45, 2.75) is 32.6 Å². The van der Waals surface area contributed by atoms with E-state index in [9.17, 15) is 8.42 Å². The fourth-order valence-corrected chi connectivity index (χ4v) is 3.88. The Hall–Kier alpha value is -2.78. The van der Waals surface area contributed by atoms with E-state index >= 15 is 0 Å². The predicted octanol–water partition coefficient (Wildman–Crippen LogP) is 2.29. The summed E-state index contributed by atoms with van der Waals surface area (Å²) in [6, 6.07) is 8.84. The molecule has 8 nitrogen and oxygen atoms in total. The zero-order valence-corrected chi connectivity index (χ0v) is 17.2. The Kier molecular flexibility index (Phi) is 5.76. The molecule has 28 heavy (non-hydrogen) atoms. The van der Waals surface area contributed by atoms with Gasteiger partial charge in [-0.2, -0.15) is 5.10 Å². The molecule has 3 rings (SSSR count). The van der Waals surface area contributed by atoms with Crippen LogP contribution in [0, 0.1) is 27.7 Å². The molecule has 0 saturated carbocycles. The van der Waals surface area contributed by atoms with Crippen LogP contribution in [0.1, 0.15) is 22.5 Å². The minimum Gasteiger partial charge on any atom is -0.369 e. The quantitative estimate of drug-likeness (QED) is 0.590. The Morgan fingerprint density at radius 2 is 1.75 bits per heavy atom. The second-order valence-corrected chi connectivity index (χ2v) is 8.44. The smallest absolute Gasteiger partial charge is 0.240 e. The molecule has 0 radical (unpaired) electrons. The van der Waals surface area contributed by atoms with E-state index < -0.39 is 10.0 Å². The lowest BCUT2D eigenvalue weighted by molar-refractivity contribution is 0.582. The van der Waals surface area contributed by atoms with E-state index in [0.29, 0.717) is 18.2 Å². The number of benzene rings is 1. The first-order valence-electron chi connectivity index (χ1n) is 8.93. The highest BCUT2D eigenvalue weighted by molar-refractivity contribution is 7.89. The van der Waals surface area contributed by atoms with Gasteiger partial charge in [-0.25, -0.2) is 27.8 Å². The molecule has 9 heteroatoms. The van der Waals surface area contributed by atoms with Crippen LogP contribution in [0.15, 0.2) is 41.6 Å². The van der Waals surface area contributed by atoms with Crippen LogP contribution < -0.4 is 10.0 Å². The second-order valence-electron chi connectivity index (χ2n) is 6.67. The molecule has 0 aliphatic rings. The van der Waals surface area contributed by atoms with Gasteiger partial charge in [-0.15, -0.1) is 0 Å². The van der Waals surface area contributed by atoms with Gasteiger partial charge in [-0.05, 0) is 57.0 Å². The summed E-state index contributed by atoms with van der Waals surface area (Å²) < 4.78 is 29.2. The van der Waals surface area contributed by atoms with Crippen molar-refractivity contribution in [2.24, 2.45) is 0 Å². The van der Waals surface area contributed by atoms with E-state index in [2.05, 4.69) is 25.1 Å². The number of rotatable bonds is 7. The number of hydrogen-bond acceptors (Lipinski definition) is 6. The SMILES string of the molecule is Cc1cc(C)n(-c2cc(NCCNS(=O)(=O)c3ccc(C)c(C)c3)ncn2)n1. The van der Waals surface area contributed by atoms with Crippen LogP contribution in [0.25, 0.3) is 5.82 Å². The highest BCUT2D eigenvalue weighted by Crippen LogP contribution is 2.15. The maximum absolute atomic E-state index is 12.4. The molecule has 0 saturated heterocycles. The topological polar surface area (TPSA) is 102 Å². The Morgan fingerprint density at radius 3 is 2.43 bits per heavy atom. The van der Waals surface area contributed by atoms with Crippen LogP contribution >= 0.6 is 0 Å². The fraction of sp³-hybridized carbons (Fsp3) is 0.316. The first-order valence-corrected chi connectivity index (χ1v) is 10.4. The number of hydrogen-bond donors (Lipinski definition) is 2. The lowest BCUT2D eigenvalue weighted by Gasteiger charge is -2.10. The van der Waals surface area contributed by atoms with Crippen LogP contribution in [0.3, 0.4) is 0 Å². The molecule has 0 spiro atoms. The maximum Gasteiger partial charge on any atom is 0.240 e. The summed E-state index contributed by atoms with van der Waals surface area (Å²) in [6.07, 6.45) is 1.45. The molecule has 148 valence electrons. The molecular formula is C19H24N6O2S. The number of aryl methyl sites for hydroxylation is 4. The fourth-order valence-electron chi connectivity index (χ4n) is 2.76. The van der Waals surface area contributed by atoms with Crippen molar-refractivity contribution in [3.63, 3.8) is 0 Å². The molecule has 0 bridgehead atoms. The molecule has 0 atom stereocenters. The number of sulfonamides is 1. The molecule has 2 heterocycles. The van der Waals surface area contributed by atoms with Crippen LogP contribution in [-0.2, 0) is 10.0 Å². The van der Waals surface area contributed by atoms with Crippen LogP contribution in [0.5, 0.6) is 0 Å². The molecule has 1 aromatic carbocycles. The highest BCUT2D eigenvalue weighted by Gasteiger charge is 2.14. The van der Waals surface area contributed by atoms with E-state index in [1.165, 1.54) is 6.33 Å². The van der Waals surface area contributed by atoms with Gasteiger partial charge in [0.1, 0.15) is 12.1 Å². The van der Waals surface area contributed by atoms with Gasteiger partial charge in [0.15, 0.2) is 5.82 Å². The maximum atomic E-state index is 12.4. The summed E-state index contributed by atoms with van der Waals surface area (Å²) in [5.41, 5.74) is 3.89. The normalized spacial score (nSPS) is 11.6. The summed E-state index contributed by atoms with van der Waals surface area (Å²) in [6.45, 7) is 8.34. The zero-order chi connectivity index (χ0) is 20.3. The summed E-state index contributed by atoms with van der Waals surface area (Å²) in [5, 5.41) is 7.51. The van der Waals surface area contributed by atoms with E-state index in [-0.39, 0.29) is 11.4 Å². The third-order valence-corrected chi connectivity index (χ3v) is 5.85. The number of nitrogens with zero attached hydrogens (tertiary/aromatic N) is 4. The van der Waals surface area contributed by atoms with Crippen molar-refractivity contribution >= 4 is 15.8 Å². The van der Waals surface area contributed by atoms with Gasteiger partial charge < -0.3 is 5.32 Å². The summed E-state index contributed by atoms with van der Waals surface area (Å²) in [5.74, 6) is 1.25. The van der Waals surface area contributed by atoms with E-state index in [1.54, 1.807) is 22.9 Å². The van der Waals surface area contributed by atoms with Gasteiger partial charge in [0.2, 0.25) is 10.0 Å². The van der Waals surface area contributed by atoms with Gasteiger partial charge in [0, 0.05) is 24.8 Å². The number of nitrogens with one attached hydrogen (secondary N) is 2. The van der Waals surface area contributed by atoms with Gasteiger partial charge in [0.25, 0.3) is 0 Å². The number of aromatic nitrogens is 4. The van der Waals surface area contributed by atoms with E-state index in [1.807, 2.05) is 39.8 Å². The van der Waals surface area contributed by atoms with Crippen LogP contribution in [-0.4, -0.2) is 41.3 Å². The van der Waals surface area contributed by atoms with Gasteiger partial charge in [-0.1, -0.05) is 6.07 Å². The Morgan fingerprint density at radius 1 is 0.964 bits per heavy atom. The van der Waals surface area contributed by atoms with Crippen molar-refractivity contribution in [1.29, 1.82) is 0 Å². The van der Waals surface area contributed by atoms with Crippen molar-refractivity contribution in [2.75, 3.05) is 18.4 Å². The Labute approximate surface area is 165 Å². The third kappa shape index (κ3) is 4.55. The molecule has 3 aromatic rings. The molecule has 0 aliphatic heterocycles. The number of anilines is 1. The van der Waals surface area contributed by atoms with Crippen molar-refractivity contribution in [3.05, 3.63) is 59.2 Å². The zero-order valence-electron chi connectivity index (χ0n) is 16.4. The molecular weight excluding hydrogens is 376 g/mol. The van der Waals surface area contributed by atoms with Gasteiger partial charge >= 0.3 is 0 Å². The molecule has 0 amide bonds. The summed E-state index contributed by atoms with van der Waals surface area (Å²) >= 11 is 0. The second kappa shape index (κ2) is 8.07. The average Bonchev–Trinajstić information content (AvgIpc) is 2.99. The largest absolute Gasteiger partial charge is 0.369 e. The van der Waals surface area contributed by atoms with Crippen molar-refractivity contribution < 1.29 is 8.42 Å². The van der Waals surface area contributed by atoms with Crippen molar-refractivity contribution in [3.8, 4) is 5.82 Å². The summed E-state index contributed by atoms with van der Waals surface area (Å²) in [7, 11) is -3.54. The van der Waals surface area contributed by atoms with Gasteiger partial charge in [-0.3, -0.25) is 0 Å². The van der Waals surface area contributed by atoms with Crippen LogP contribution in [0.2, 0.25) is 0 Å². The third-order valence-electron chi connectivity index (χ3n) is 4.39. The first-order chi connectivity index (χ1) is 13.3. The lowest BCUT2D eigenvalue weighted by Crippen LogP contribution is -2.29. The lowest BCUT2D eigenvalue weighted by atomic mass is 10.1. The Balaban J connectivity index is 1.60. The minimum atomic E-state index is -3.54. The molecule has 0 unspecified atom stereocenters. The monoisotopic (exact) mass is 400 g/mol. The Bertz CT molecular complexity index is 1090. The van der Waals surface area contributed by atoms with Gasteiger partial charge in [0.05, 0.1) is 10.6 Å². The van der Waals surface area contributed by atoms with E-state index in [0.717, 1.165) is 22.5 Å². The van der Waals surface area contributed by atoms with Crippen LogP contribution in [0.4, 0.5) is 5.82 Å². The average molecular weight is 401 g/mol. The molecule has 0 aliphatic carbocycles. The molecule has 0 fully saturated rings. The molecule has 2 N–H and O–H groups in total. The standard InChI is InChI=1S/C19H24N6O2S/c1-13-5-6-17(9-14(13)2)28(26,27)23-8-7-20-18-11-19(22-12-21-18)25-16(4)10-15(3)24-25/h5-6,9-12,23H,7-8H2,1-4H3,(H,20,21,22). The highest BCUT2D eigenvalue weighted by atomic mass is 32.2. The van der Waals surface area contributed by atoms with E-state index in [4.69, 9.17) is 0 Å². The molecule has 2 aromatic heterocycles. The predicted molar refractivity (Wildman–Crippen MR) is 108 cm³/mol. The minimum absolute atomic E-state index is 0.231. The first kappa shape index (κ1) is 20.0.